The molecule has 0 aliphatic rings. The van der Waals surface area contributed by atoms with E-state index >= 15 is 0 Å². The number of nitrogens with zero attached hydrogens (tertiary/aromatic N) is 2. The topological polar surface area (TPSA) is 70.3 Å². The van der Waals surface area contributed by atoms with E-state index in [-0.39, 0.29) is 10.4 Å². The van der Waals surface area contributed by atoms with Gasteiger partial charge in [-0.2, -0.15) is 26.0 Å². The zero-order valence-corrected chi connectivity index (χ0v) is 15.9. The molecule has 12 heteroatoms. The molecule has 150 valence electrons. The van der Waals surface area contributed by atoms with E-state index in [9.17, 15) is 30.8 Å². The number of hydrogen-bond acceptors (Lipinski definition) is 4. The maximum Gasteiger partial charge on any atom is 0.416 e. The van der Waals surface area contributed by atoms with Gasteiger partial charge in [0.25, 0.3) is 0 Å². The van der Waals surface area contributed by atoms with Gasteiger partial charge in [0.05, 0.1) is 11.1 Å². The van der Waals surface area contributed by atoms with Gasteiger partial charge in [-0.15, -0.1) is 11.6 Å². The molecule has 2 rings (SSSR count). The van der Waals surface area contributed by atoms with Crippen molar-refractivity contribution in [3.8, 4) is 0 Å². The Labute approximate surface area is 157 Å². The first-order chi connectivity index (χ1) is 12.2. The summed E-state index contributed by atoms with van der Waals surface area (Å²) in [6.07, 6.45) is -4.63. The molecule has 0 saturated carbocycles. The third-order valence-corrected chi connectivity index (χ3v) is 5.44. The van der Waals surface area contributed by atoms with Crippen molar-refractivity contribution in [1.29, 1.82) is 0 Å². The molecule has 1 heterocycles. The molecule has 0 aliphatic carbocycles. The summed E-state index contributed by atoms with van der Waals surface area (Å²) in [5.74, 6) is -1.16. The van der Waals surface area contributed by atoms with Crippen LogP contribution in [0.2, 0.25) is 0 Å². The first-order valence-electron chi connectivity index (χ1n) is 7.36. The molecule has 1 aromatic heterocycles. The van der Waals surface area contributed by atoms with Gasteiger partial charge < -0.3 is 0 Å². The minimum Gasteiger partial charge on any atom is -0.266 e. The highest BCUT2D eigenvalue weighted by atomic mass is 35.5. The Bertz CT molecular complexity index is 1030. The van der Waals surface area contributed by atoms with E-state index in [1.165, 1.54) is 19.9 Å². The molecule has 0 unspecified atom stereocenters. The van der Waals surface area contributed by atoms with Crippen LogP contribution in [0.5, 0.6) is 0 Å². The second-order valence-electron chi connectivity index (χ2n) is 6.21. The fraction of sp³-hybridized carbons (Fsp3) is 0.400. The predicted octanol–water partition coefficient (Wildman–Crippen LogP) is 2.63. The summed E-state index contributed by atoms with van der Waals surface area (Å²) in [6, 6.07) is 4.08. The summed E-state index contributed by atoms with van der Waals surface area (Å²) in [5.41, 5.74) is -4.23. The van der Waals surface area contributed by atoms with Crippen molar-refractivity contribution >= 4 is 21.7 Å². The largest absolute Gasteiger partial charge is 0.416 e. The zero-order valence-electron chi connectivity index (χ0n) is 14.3. The second-order valence-corrected chi connectivity index (χ2v) is 8.35. The van der Waals surface area contributed by atoms with Crippen LogP contribution in [-0.2, 0) is 28.8 Å². The van der Waals surface area contributed by atoms with Gasteiger partial charge in [-0.05, 0) is 11.6 Å². The summed E-state index contributed by atoms with van der Waals surface area (Å²) in [7, 11) is -3.35. The molecule has 2 aromatic rings. The molecule has 0 spiro atoms. The summed E-state index contributed by atoms with van der Waals surface area (Å²) in [5, 5.41) is -0.988. The number of halogens is 5. The molecule has 1 aromatic carbocycles. The normalized spacial score (nSPS) is 13.0. The van der Waals surface area contributed by atoms with E-state index in [2.05, 4.69) is 4.28 Å². The lowest BCUT2D eigenvalue weighted by Gasteiger charge is -2.24. The highest BCUT2D eigenvalue weighted by Crippen LogP contribution is 2.35. The second kappa shape index (κ2) is 6.86. The van der Waals surface area contributed by atoms with Gasteiger partial charge in [0.2, 0.25) is 5.95 Å². The van der Waals surface area contributed by atoms with Crippen molar-refractivity contribution in [2.75, 3.05) is 5.21 Å². The van der Waals surface area contributed by atoms with Crippen LogP contribution in [0.3, 0.4) is 0 Å². The molecule has 0 aliphatic heterocycles. The van der Waals surface area contributed by atoms with Crippen molar-refractivity contribution in [3.05, 3.63) is 57.3 Å². The Hall–Kier alpha value is -2.01. The minimum absolute atomic E-state index is 0.00581. The van der Waals surface area contributed by atoms with Crippen molar-refractivity contribution in [2.24, 2.45) is 7.05 Å². The maximum absolute atomic E-state index is 14.7. The lowest BCUT2D eigenvalue weighted by atomic mass is 9.78. The van der Waals surface area contributed by atoms with Gasteiger partial charge in [0.15, 0.2) is 5.21 Å². The molecule has 27 heavy (non-hydrogen) atoms. The first-order valence-corrected chi connectivity index (χ1v) is 9.48. The van der Waals surface area contributed by atoms with Crippen LogP contribution in [0.25, 0.3) is 0 Å². The molecule has 0 radical (unpaired) electrons. The number of benzene rings is 1. The van der Waals surface area contributed by atoms with Gasteiger partial charge in [0, 0.05) is 12.5 Å². The van der Waals surface area contributed by atoms with E-state index in [4.69, 9.17) is 11.6 Å². The summed E-state index contributed by atoms with van der Waals surface area (Å²) in [4.78, 5) is 12.7. The number of rotatable bonds is 5. The monoisotopic (exact) mass is 430 g/mol. The van der Waals surface area contributed by atoms with E-state index in [1.807, 2.05) is 0 Å². The third-order valence-electron chi connectivity index (χ3n) is 4.00. The predicted molar refractivity (Wildman–Crippen MR) is 89.4 cm³/mol. The lowest BCUT2D eigenvalue weighted by Crippen LogP contribution is -2.36. The van der Waals surface area contributed by atoms with E-state index < -0.39 is 49.6 Å². The van der Waals surface area contributed by atoms with Crippen LogP contribution in [-0.4, -0.2) is 23.2 Å². The van der Waals surface area contributed by atoms with Crippen LogP contribution < -0.4 is 9.84 Å². The average Bonchev–Trinajstić information content (AvgIpc) is 2.78. The molecule has 0 N–H and O–H groups in total. The summed E-state index contributed by atoms with van der Waals surface area (Å²) < 4.78 is 81.5. The molecule has 0 atom stereocenters. The third kappa shape index (κ3) is 3.98. The zero-order chi connectivity index (χ0) is 20.8. The highest BCUT2D eigenvalue weighted by molar-refractivity contribution is 7.88. The molecule has 0 fully saturated rings. The Morgan fingerprint density at radius 2 is 1.74 bits per heavy atom. The minimum atomic E-state index is -4.63. The SMILES string of the molecule is Cn1c(F)c(C(C)(C)c2cccc(C(F)(F)F)c2)c(=O)n1OS(=O)(=O)CCl. The van der Waals surface area contributed by atoms with Gasteiger partial charge in [-0.25, -0.2) is 4.68 Å². The summed E-state index contributed by atoms with van der Waals surface area (Å²) >= 11 is 5.20. The molecular formula is C15H15ClF4N2O4S. The molecular weight excluding hydrogens is 416 g/mol. The Morgan fingerprint density at radius 3 is 2.26 bits per heavy atom. The first kappa shape index (κ1) is 21.3. The van der Waals surface area contributed by atoms with Crippen molar-refractivity contribution in [2.45, 2.75) is 25.4 Å². The maximum atomic E-state index is 14.7. The average molecular weight is 431 g/mol. The van der Waals surface area contributed by atoms with Crippen LogP contribution >= 0.6 is 11.6 Å². The summed E-state index contributed by atoms with van der Waals surface area (Å²) in [6.45, 7) is 2.67. The van der Waals surface area contributed by atoms with Crippen LogP contribution in [0, 0.1) is 5.95 Å². The standard InChI is InChI=1S/C15H15ClF4N2O4S/c1-14(2,9-5-4-6-10(7-9)15(18,19)20)11-12(17)21(3)22(13(11)23)26-27(24,25)8-16/h4-7H,8H2,1-3H3. The number of alkyl halides is 4. The van der Waals surface area contributed by atoms with Gasteiger partial charge in [0.1, 0.15) is 0 Å². The number of aromatic nitrogens is 2. The van der Waals surface area contributed by atoms with Gasteiger partial charge in [-0.3, -0.25) is 9.08 Å². The van der Waals surface area contributed by atoms with Crippen LogP contribution in [0.15, 0.2) is 29.1 Å². The van der Waals surface area contributed by atoms with E-state index in [0.717, 1.165) is 25.2 Å². The number of hydrogen-bond donors (Lipinski definition) is 0. The fourth-order valence-corrected chi connectivity index (χ4v) is 3.07. The quantitative estimate of drug-likeness (QED) is 0.540. The Kier molecular flexibility index (Phi) is 5.41. The smallest absolute Gasteiger partial charge is 0.266 e. The molecule has 6 nitrogen and oxygen atoms in total. The van der Waals surface area contributed by atoms with Crippen molar-refractivity contribution < 1.29 is 30.3 Å². The fourth-order valence-electron chi connectivity index (χ4n) is 2.53. The Morgan fingerprint density at radius 1 is 1.19 bits per heavy atom. The van der Waals surface area contributed by atoms with Crippen molar-refractivity contribution in [3.63, 3.8) is 0 Å². The van der Waals surface area contributed by atoms with Crippen LogP contribution in [0.1, 0.15) is 30.5 Å². The van der Waals surface area contributed by atoms with Crippen LogP contribution in [0.4, 0.5) is 17.6 Å². The highest BCUT2D eigenvalue weighted by Gasteiger charge is 2.37. The molecule has 0 saturated heterocycles. The van der Waals surface area contributed by atoms with Gasteiger partial charge in [-0.1, -0.05) is 36.9 Å². The lowest BCUT2D eigenvalue weighted by molar-refractivity contribution is -0.137. The Balaban J connectivity index is 2.66. The molecule has 0 bridgehead atoms. The van der Waals surface area contributed by atoms with Crippen molar-refractivity contribution in [1.82, 2.24) is 9.53 Å². The van der Waals surface area contributed by atoms with E-state index in [0.29, 0.717) is 4.68 Å². The van der Waals surface area contributed by atoms with Gasteiger partial charge >= 0.3 is 21.9 Å². The molecule has 0 amide bonds. The van der Waals surface area contributed by atoms with E-state index in [1.54, 1.807) is 0 Å².